The third kappa shape index (κ3) is 12.6. The van der Waals surface area contributed by atoms with Gasteiger partial charge in [-0.1, -0.05) is 52.0 Å². The molecule has 10 rings (SSSR count). The lowest BCUT2D eigenvalue weighted by Crippen LogP contribution is -2.42. The van der Waals surface area contributed by atoms with Gasteiger partial charge in [0.15, 0.2) is 6.73 Å². The smallest absolute Gasteiger partial charge is 0.396 e. The Kier molecular flexibility index (Phi) is 17.5. The summed E-state index contributed by atoms with van der Waals surface area (Å²) in [6.07, 6.45) is 17.6. The molecule has 4 heterocycles. The Hall–Kier alpha value is -3.76. The van der Waals surface area contributed by atoms with Crippen molar-refractivity contribution in [2.24, 2.45) is 11.8 Å². The molecule has 6 aliphatic rings. The van der Waals surface area contributed by atoms with Crippen LogP contribution < -0.4 is 15.3 Å². The largest absolute Gasteiger partial charge is 0.419 e. The summed E-state index contributed by atoms with van der Waals surface area (Å²) >= 11 is 0. The predicted molar refractivity (Wildman–Crippen MR) is 281 cm³/mol. The molecule has 2 aromatic carbocycles. The van der Waals surface area contributed by atoms with Gasteiger partial charge in [0, 0.05) is 59.7 Å². The molecule has 392 valence electrons. The number of fused-ring (bicyclic) bond motifs is 4. The lowest BCUT2D eigenvalue weighted by atomic mass is 9.98. The normalized spacial score (nSPS) is 18.7. The van der Waals surface area contributed by atoms with Crippen LogP contribution in [0, 0.1) is 11.8 Å². The van der Waals surface area contributed by atoms with Crippen molar-refractivity contribution in [3.63, 3.8) is 0 Å². The fourth-order valence-electron chi connectivity index (χ4n) is 11.2. The summed E-state index contributed by atoms with van der Waals surface area (Å²) in [5, 5.41) is 26.2. The number of hydrogen-bond acceptors (Lipinski definition) is 12. The number of benzene rings is 2. The van der Waals surface area contributed by atoms with Crippen molar-refractivity contribution in [1.82, 2.24) is 38.8 Å². The summed E-state index contributed by atoms with van der Waals surface area (Å²) < 4.78 is 64.0. The zero-order valence-electron chi connectivity index (χ0n) is 43.6. The number of nitrogens with one attached hydrogen (secondary N) is 4. The Morgan fingerprint density at radius 1 is 0.718 bits per heavy atom. The molecule has 2 fully saturated rings. The van der Waals surface area contributed by atoms with E-state index in [1.54, 1.807) is 8.99 Å². The Balaban J connectivity index is 0.000000183. The topological polar surface area (TPSA) is 206 Å². The van der Waals surface area contributed by atoms with Crippen LogP contribution in [0.15, 0.2) is 22.4 Å². The van der Waals surface area contributed by atoms with Crippen molar-refractivity contribution in [3.8, 4) is 0 Å². The van der Waals surface area contributed by atoms with Crippen LogP contribution in [0.4, 0.5) is 23.3 Å². The first-order chi connectivity index (χ1) is 34.0. The molecule has 2 saturated heterocycles. The van der Waals surface area contributed by atoms with Crippen molar-refractivity contribution in [2.45, 2.75) is 166 Å². The molecule has 2 aromatic heterocycles. The first kappa shape index (κ1) is 53.5. The minimum absolute atomic E-state index is 0.0598. The molecule has 0 spiro atoms. The molecular weight excluding hydrogens is 955 g/mol. The fraction of sp³-hybridized carbons (Fsp3) is 0.686. The number of rotatable bonds is 16. The molecule has 4 aromatic rings. The lowest BCUT2D eigenvalue weighted by Gasteiger charge is -2.31. The van der Waals surface area contributed by atoms with E-state index in [0.29, 0.717) is 63.4 Å². The average Bonchev–Trinajstić information content (AvgIpc) is 4.20. The second-order valence-electron chi connectivity index (χ2n) is 22.2. The molecular formula is C51H82N11O6S2Si+. The summed E-state index contributed by atoms with van der Waals surface area (Å²) in [6.45, 7) is 15.0. The highest BCUT2D eigenvalue weighted by Crippen LogP contribution is 2.41. The molecule has 5 N–H and O–H groups in total. The molecule has 0 saturated carbocycles. The molecule has 2 aliphatic heterocycles. The fourth-order valence-corrected chi connectivity index (χ4v) is 14.6. The summed E-state index contributed by atoms with van der Waals surface area (Å²) in [5.41, 5.74) is 13.3. The van der Waals surface area contributed by atoms with Crippen LogP contribution in [-0.2, 0) is 82.9 Å². The predicted octanol–water partition coefficient (Wildman–Crippen LogP) is 7.03. The van der Waals surface area contributed by atoms with Crippen molar-refractivity contribution >= 4 is 51.4 Å². The highest BCUT2D eigenvalue weighted by atomic mass is 32.2. The Morgan fingerprint density at radius 3 is 1.65 bits per heavy atom. The quantitative estimate of drug-likeness (QED) is 0.0436. The van der Waals surface area contributed by atoms with Gasteiger partial charge in [0.2, 0.25) is 5.95 Å². The van der Waals surface area contributed by atoms with Crippen molar-refractivity contribution in [1.29, 1.82) is 0 Å². The Bertz CT molecular complexity index is 2620. The number of hydrogen-bond donors (Lipinski definition) is 5. The number of piperidine rings is 2. The van der Waals surface area contributed by atoms with Crippen LogP contribution in [-0.4, -0.2) is 129 Å². The van der Waals surface area contributed by atoms with Gasteiger partial charge in [-0.15, -0.1) is 9.78 Å². The van der Waals surface area contributed by atoms with Crippen LogP contribution in [0.1, 0.15) is 116 Å². The molecule has 0 radical (unpaired) electrons. The first-order valence-corrected chi connectivity index (χ1v) is 33.2. The van der Waals surface area contributed by atoms with Gasteiger partial charge in [-0.3, -0.25) is 0 Å². The van der Waals surface area contributed by atoms with E-state index in [2.05, 4.69) is 101 Å². The van der Waals surface area contributed by atoms with E-state index in [1.165, 1.54) is 68.1 Å². The number of aliphatic hydroxyl groups excluding tert-OH is 1. The zero-order valence-corrected chi connectivity index (χ0v) is 46.3. The van der Waals surface area contributed by atoms with Gasteiger partial charge in [-0.05, 0) is 184 Å². The Labute approximate surface area is 424 Å². The van der Waals surface area contributed by atoms with Crippen LogP contribution in [0.5, 0.6) is 0 Å². The van der Waals surface area contributed by atoms with Crippen LogP contribution in [0.25, 0.3) is 0 Å². The van der Waals surface area contributed by atoms with E-state index in [9.17, 15) is 21.9 Å². The maximum absolute atomic E-state index is 13.5. The molecule has 0 atom stereocenters. The van der Waals surface area contributed by atoms with Gasteiger partial charge in [0.25, 0.3) is 25.2 Å². The van der Waals surface area contributed by atoms with Crippen molar-refractivity contribution in [2.75, 3.05) is 70.7 Å². The van der Waals surface area contributed by atoms with E-state index in [-0.39, 0.29) is 29.6 Å². The minimum Gasteiger partial charge on any atom is -0.396 e. The average molecular weight is 1040 g/mol. The monoisotopic (exact) mass is 1040 g/mol. The summed E-state index contributed by atoms with van der Waals surface area (Å²) in [7, 11) is -4.57. The molecule has 20 heteroatoms. The highest BCUT2D eigenvalue weighted by Gasteiger charge is 2.38. The standard InChI is InChI=1S/C26H41N5O4SSi.C22H32N6O2S.C3H8/c1-37(2,3)15-14-35-18-31-25(27-24-22-8-4-6-20(22)16-21-7-5-9-23(21)24)28-26(29-31)36(33,34)30-12-10-19(17-32)11-13-30;1-27(2)14-15-9-11-28(12-10-15)31(29,30)22-24-21(25-26-22)23-20-18-7-3-5-16(18)13-17-6-4-8-19(17)20;1-3-2/h16,19,32H,4-15,17-18H2,1-3H3,(H,27,28,29);13,15H,3-12,14H2,1-2H3,(H2,23,24,25,26);3H2,1-2H3/p+1. The van der Waals surface area contributed by atoms with Gasteiger partial charge < -0.3 is 20.1 Å². The number of anilines is 4. The minimum atomic E-state index is -3.79. The zero-order chi connectivity index (χ0) is 50.5. The van der Waals surface area contributed by atoms with Gasteiger partial charge in [0.1, 0.15) is 5.69 Å². The number of ether oxygens (including phenoxy) is 1. The van der Waals surface area contributed by atoms with E-state index in [1.807, 2.05) is 0 Å². The van der Waals surface area contributed by atoms with Crippen LogP contribution >= 0.6 is 0 Å². The second-order valence-corrected chi connectivity index (χ2v) is 31.5. The third-order valence-corrected chi connectivity index (χ3v) is 20.1. The summed E-state index contributed by atoms with van der Waals surface area (Å²) in [6, 6.07) is 5.80. The number of aliphatic hydroxyl groups is 1. The summed E-state index contributed by atoms with van der Waals surface area (Å²) in [5.74, 6) is 1.52. The number of H-pyrrole nitrogens is 2. The van der Waals surface area contributed by atoms with E-state index in [0.717, 1.165) is 101 Å². The van der Waals surface area contributed by atoms with E-state index < -0.39 is 28.1 Å². The Morgan fingerprint density at radius 2 is 1.18 bits per heavy atom. The maximum atomic E-state index is 13.5. The van der Waals surface area contributed by atoms with E-state index in [4.69, 9.17) is 4.74 Å². The van der Waals surface area contributed by atoms with Crippen LogP contribution in [0.2, 0.25) is 25.7 Å². The molecule has 4 aliphatic carbocycles. The van der Waals surface area contributed by atoms with Gasteiger partial charge in [0.05, 0.1) is 0 Å². The molecule has 0 amide bonds. The number of aromatic amines is 2. The number of nitrogens with zero attached hydrogens (tertiary/aromatic N) is 7. The number of sulfonamides is 2. The van der Waals surface area contributed by atoms with Crippen molar-refractivity contribution < 1.29 is 31.4 Å². The van der Waals surface area contributed by atoms with Gasteiger partial charge >= 0.3 is 11.1 Å². The summed E-state index contributed by atoms with van der Waals surface area (Å²) in [4.78, 5) is 11.1. The van der Waals surface area contributed by atoms with Crippen molar-refractivity contribution in [3.05, 3.63) is 56.6 Å². The van der Waals surface area contributed by atoms with Gasteiger partial charge in [-0.2, -0.15) is 13.6 Å². The van der Waals surface area contributed by atoms with Gasteiger partial charge in [-0.25, -0.2) is 32.3 Å². The molecule has 0 unspecified atom stereocenters. The van der Waals surface area contributed by atoms with E-state index >= 15 is 0 Å². The molecule has 0 bridgehead atoms. The SMILES string of the molecule is CCC.CN(C)CC1CCN(S(=O)(=O)c2nc(Nc3c4c(cc5c3CCC5)CCC4)n[nH]2)CC1.C[Si](C)(C)CCOC[n+]1[nH]c(S(=O)(=O)N2CCC(CO)CC2)nc1Nc1c2c(cc3c1CCC3)CCC2. The maximum Gasteiger partial charge on any atom is 0.419 e. The number of aromatic nitrogens is 6. The third-order valence-electron chi connectivity index (χ3n) is 15.0. The number of aryl methyl sites for hydroxylation is 4. The first-order valence-electron chi connectivity index (χ1n) is 26.6. The molecule has 17 nitrogen and oxygen atoms in total. The molecule has 71 heavy (non-hydrogen) atoms. The second kappa shape index (κ2) is 23.2. The highest BCUT2D eigenvalue weighted by molar-refractivity contribution is 7.89. The van der Waals surface area contributed by atoms with Crippen LogP contribution in [0.3, 0.4) is 0 Å². The lowest BCUT2D eigenvalue weighted by molar-refractivity contribution is -0.772.